The minimum absolute atomic E-state index is 0.0217. The zero-order chi connectivity index (χ0) is 21.2. The van der Waals surface area contributed by atoms with Gasteiger partial charge in [-0.3, -0.25) is 0 Å². The highest BCUT2D eigenvalue weighted by Crippen LogP contribution is 2.14. The summed E-state index contributed by atoms with van der Waals surface area (Å²) in [5, 5.41) is 8.58. The van der Waals surface area contributed by atoms with Crippen LogP contribution in [-0.2, 0) is 19.0 Å². The molecule has 0 aromatic heterocycles. The van der Waals surface area contributed by atoms with Gasteiger partial charge in [0.2, 0.25) is 0 Å². The van der Waals surface area contributed by atoms with Crippen molar-refractivity contribution in [1.82, 2.24) is 0 Å². The van der Waals surface area contributed by atoms with Gasteiger partial charge in [-0.15, -0.1) is 0 Å². The van der Waals surface area contributed by atoms with Gasteiger partial charge in [0.15, 0.2) is 0 Å². The van der Waals surface area contributed by atoms with Crippen LogP contribution in [0.5, 0.6) is 5.75 Å². The standard InChI is InChI=1S/C23H36O6/c1-3-5-6-20(4-2)19-29-23(25)12-9-21-7-10-22(11-8-21)28-18-17-27-16-15-26-14-13-24/h7-12,20,24H,3-6,13-19H2,1-2H3/b12-9+. The maximum absolute atomic E-state index is 11.9. The van der Waals surface area contributed by atoms with Crippen molar-refractivity contribution in [2.45, 2.75) is 39.5 Å². The van der Waals surface area contributed by atoms with Gasteiger partial charge in [0.1, 0.15) is 12.4 Å². The zero-order valence-electron chi connectivity index (χ0n) is 17.8. The maximum Gasteiger partial charge on any atom is 0.330 e. The van der Waals surface area contributed by atoms with Crippen LogP contribution in [0.3, 0.4) is 0 Å². The van der Waals surface area contributed by atoms with Crippen LogP contribution in [0.2, 0.25) is 0 Å². The maximum atomic E-state index is 11.9. The van der Waals surface area contributed by atoms with E-state index in [4.69, 9.17) is 24.1 Å². The van der Waals surface area contributed by atoms with Gasteiger partial charge in [0, 0.05) is 6.08 Å². The number of hydrogen-bond acceptors (Lipinski definition) is 6. The van der Waals surface area contributed by atoms with Crippen molar-refractivity contribution in [3.8, 4) is 5.75 Å². The fraction of sp³-hybridized carbons (Fsp3) is 0.609. The van der Waals surface area contributed by atoms with E-state index in [0.29, 0.717) is 45.6 Å². The summed E-state index contributed by atoms with van der Waals surface area (Å²) in [6.07, 6.45) is 7.68. The fourth-order valence-corrected chi connectivity index (χ4v) is 2.59. The second-order valence-electron chi connectivity index (χ2n) is 6.75. The van der Waals surface area contributed by atoms with Gasteiger partial charge < -0.3 is 24.1 Å². The zero-order valence-corrected chi connectivity index (χ0v) is 17.8. The first-order valence-electron chi connectivity index (χ1n) is 10.5. The second kappa shape index (κ2) is 17.0. The average molecular weight is 409 g/mol. The number of rotatable bonds is 17. The molecular weight excluding hydrogens is 372 g/mol. The Balaban J connectivity index is 2.23. The minimum Gasteiger partial charge on any atom is -0.491 e. The monoisotopic (exact) mass is 408 g/mol. The Morgan fingerprint density at radius 1 is 1.03 bits per heavy atom. The van der Waals surface area contributed by atoms with Crippen LogP contribution >= 0.6 is 0 Å². The molecule has 0 saturated carbocycles. The molecule has 0 aliphatic heterocycles. The quantitative estimate of drug-likeness (QED) is 0.240. The van der Waals surface area contributed by atoms with Gasteiger partial charge in [-0.1, -0.05) is 45.2 Å². The van der Waals surface area contributed by atoms with Gasteiger partial charge >= 0.3 is 5.97 Å². The van der Waals surface area contributed by atoms with Crippen LogP contribution in [0.15, 0.2) is 30.3 Å². The first kappa shape index (κ1) is 25.1. The van der Waals surface area contributed by atoms with Gasteiger partial charge in [-0.2, -0.15) is 0 Å². The number of aliphatic hydroxyl groups is 1. The molecule has 1 N–H and O–H groups in total. The van der Waals surface area contributed by atoms with E-state index in [2.05, 4.69) is 13.8 Å². The number of aliphatic hydroxyl groups excluding tert-OH is 1. The van der Waals surface area contributed by atoms with Gasteiger partial charge in [-0.05, 0) is 36.1 Å². The Labute approximate surface area is 174 Å². The van der Waals surface area contributed by atoms with Crippen LogP contribution in [0.25, 0.3) is 6.08 Å². The first-order chi connectivity index (χ1) is 14.2. The third kappa shape index (κ3) is 13.0. The highest BCUT2D eigenvalue weighted by molar-refractivity contribution is 5.87. The summed E-state index contributed by atoms with van der Waals surface area (Å²) in [5.74, 6) is 0.882. The molecule has 1 rings (SSSR count). The molecule has 1 aromatic carbocycles. The second-order valence-corrected chi connectivity index (χ2v) is 6.75. The van der Waals surface area contributed by atoms with E-state index in [1.807, 2.05) is 24.3 Å². The Morgan fingerprint density at radius 2 is 1.72 bits per heavy atom. The summed E-state index contributed by atoms with van der Waals surface area (Å²) in [6, 6.07) is 7.48. The van der Waals surface area contributed by atoms with Crippen molar-refractivity contribution in [2.75, 3.05) is 46.2 Å². The molecule has 6 nitrogen and oxygen atoms in total. The van der Waals surface area contributed by atoms with Crippen molar-refractivity contribution in [2.24, 2.45) is 5.92 Å². The number of benzene rings is 1. The number of hydrogen-bond donors (Lipinski definition) is 1. The molecule has 0 aliphatic carbocycles. The summed E-state index contributed by atoms with van der Waals surface area (Å²) >= 11 is 0. The van der Waals surface area contributed by atoms with Crippen molar-refractivity contribution in [3.63, 3.8) is 0 Å². The fourth-order valence-electron chi connectivity index (χ4n) is 2.59. The normalized spacial score (nSPS) is 12.2. The summed E-state index contributed by atoms with van der Waals surface area (Å²) < 4.78 is 21.4. The molecule has 29 heavy (non-hydrogen) atoms. The van der Waals surface area contributed by atoms with Crippen molar-refractivity contribution < 1.29 is 28.8 Å². The molecule has 6 heteroatoms. The average Bonchev–Trinajstić information content (AvgIpc) is 2.75. The first-order valence-corrected chi connectivity index (χ1v) is 10.5. The molecule has 0 heterocycles. The predicted molar refractivity (Wildman–Crippen MR) is 114 cm³/mol. The molecular formula is C23H36O6. The lowest BCUT2D eigenvalue weighted by Gasteiger charge is -2.13. The lowest BCUT2D eigenvalue weighted by molar-refractivity contribution is -0.139. The summed E-state index contributed by atoms with van der Waals surface area (Å²) in [7, 11) is 0. The number of ether oxygens (including phenoxy) is 4. The SMILES string of the molecule is CCCCC(CC)COC(=O)/C=C/c1ccc(OCCOCCOCCO)cc1. The van der Waals surface area contributed by atoms with Gasteiger partial charge in [0.25, 0.3) is 0 Å². The molecule has 0 fully saturated rings. The van der Waals surface area contributed by atoms with E-state index in [1.165, 1.54) is 12.5 Å². The van der Waals surface area contributed by atoms with Crippen molar-refractivity contribution in [3.05, 3.63) is 35.9 Å². The van der Waals surface area contributed by atoms with Crippen LogP contribution in [0.1, 0.15) is 45.1 Å². The lowest BCUT2D eigenvalue weighted by atomic mass is 10.0. The molecule has 1 unspecified atom stereocenters. The van der Waals surface area contributed by atoms with E-state index in [0.717, 1.165) is 30.6 Å². The van der Waals surface area contributed by atoms with Crippen LogP contribution in [-0.4, -0.2) is 57.3 Å². The molecule has 1 atom stereocenters. The van der Waals surface area contributed by atoms with E-state index in [-0.39, 0.29) is 12.6 Å². The van der Waals surface area contributed by atoms with E-state index in [9.17, 15) is 4.79 Å². The van der Waals surface area contributed by atoms with Crippen LogP contribution in [0.4, 0.5) is 0 Å². The van der Waals surface area contributed by atoms with Gasteiger partial charge in [0.05, 0.1) is 39.6 Å². The smallest absolute Gasteiger partial charge is 0.330 e. The van der Waals surface area contributed by atoms with Crippen molar-refractivity contribution in [1.29, 1.82) is 0 Å². The molecule has 0 bridgehead atoms. The highest BCUT2D eigenvalue weighted by Gasteiger charge is 2.08. The third-order valence-electron chi connectivity index (χ3n) is 4.40. The van der Waals surface area contributed by atoms with Crippen molar-refractivity contribution >= 4 is 12.0 Å². The van der Waals surface area contributed by atoms with Crippen LogP contribution < -0.4 is 4.74 Å². The Kier molecular flexibility index (Phi) is 14.7. The molecule has 0 radical (unpaired) electrons. The molecule has 1 aromatic rings. The minimum atomic E-state index is -0.305. The molecule has 164 valence electrons. The molecule has 0 amide bonds. The Hall–Kier alpha value is -1.89. The summed E-state index contributed by atoms with van der Waals surface area (Å²) in [5.41, 5.74) is 0.907. The Morgan fingerprint density at radius 3 is 2.38 bits per heavy atom. The highest BCUT2D eigenvalue weighted by atomic mass is 16.5. The molecule has 0 spiro atoms. The Bertz CT molecular complexity index is 555. The largest absolute Gasteiger partial charge is 0.491 e. The molecule has 0 saturated heterocycles. The number of carbonyl (C=O) groups is 1. The van der Waals surface area contributed by atoms with E-state index >= 15 is 0 Å². The van der Waals surface area contributed by atoms with E-state index in [1.54, 1.807) is 6.08 Å². The lowest BCUT2D eigenvalue weighted by Crippen LogP contribution is -2.12. The number of unbranched alkanes of at least 4 members (excludes halogenated alkanes) is 1. The summed E-state index contributed by atoms with van der Waals surface area (Å²) in [4.78, 5) is 11.9. The molecule has 0 aliphatic rings. The topological polar surface area (TPSA) is 74.2 Å². The summed E-state index contributed by atoms with van der Waals surface area (Å²) in [6.45, 7) is 6.98. The number of carbonyl (C=O) groups excluding carboxylic acids is 1. The van der Waals surface area contributed by atoms with Gasteiger partial charge in [-0.25, -0.2) is 4.79 Å². The third-order valence-corrected chi connectivity index (χ3v) is 4.40. The van der Waals surface area contributed by atoms with Crippen LogP contribution in [0, 0.1) is 5.92 Å². The number of esters is 1. The van der Waals surface area contributed by atoms with E-state index < -0.39 is 0 Å². The predicted octanol–water partition coefficient (Wildman–Crippen LogP) is 3.86.